The zero-order valence-corrected chi connectivity index (χ0v) is 14.3. The Bertz CT molecular complexity index is 761. The maximum Gasteiger partial charge on any atom is 0.340 e. The van der Waals surface area contributed by atoms with E-state index in [9.17, 15) is 9.59 Å². The van der Waals surface area contributed by atoms with E-state index in [1.807, 2.05) is 0 Å². The van der Waals surface area contributed by atoms with Gasteiger partial charge in [0.15, 0.2) is 6.61 Å². The van der Waals surface area contributed by atoms with Crippen molar-refractivity contribution in [2.24, 2.45) is 0 Å². The van der Waals surface area contributed by atoms with E-state index in [-0.39, 0.29) is 0 Å². The van der Waals surface area contributed by atoms with Crippen molar-refractivity contribution in [1.82, 2.24) is 0 Å². The Morgan fingerprint density at radius 3 is 2.44 bits per heavy atom. The van der Waals surface area contributed by atoms with Crippen LogP contribution in [-0.4, -0.2) is 39.8 Å². The molecule has 25 heavy (non-hydrogen) atoms. The van der Waals surface area contributed by atoms with Gasteiger partial charge in [0.25, 0.3) is 5.91 Å². The van der Waals surface area contributed by atoms with Gasteiger partial charge in [0.05, 0.1) is 25.5 Å². The summed E-state index contributed by atoms with van der Waals surface area (Å²) in [5.41, 5.74) is 1.41. The van der Waals surface area contributed by atoms with Gasteiger partial charge < -0.3 is 24.8 Å². The molecule has 132 valence electrons. The van der Waals surface area contributed by atoms with E-state index in [0.29, 0.717) is 28.4 Å². The van der Waals surface area contributed by atoms with Crippen LogP contribution in [0.15, 0.2) is 42.5 Å². The molecule has 0 aliphatic carbocycles. The van der Waals surface area contributed by atoms with Crippen LogP contribution in [-0.2, 0) is 9.53 Å². The van der Waals surface area contributed by atoms with Gasteiger partial charge in [-0.05, 0) is 24.3 Å². The number of benzene rings is 2. The molecule has 0 aliphatic rings. The highest BCUT2D eigenvalue weighted by Crippen LogP contribution is 2.28. The Labute approximate surface area is 145 Å². The van der Waals surface area contributed by atoms with Gasteiger partial charge in [-0.3, -0.25) is 4.79 Å². The fourth-order valence-corrected chi connectivity index (χ4v) is 2.19. The van der Waals surface area contributed by atoms with E-state index in [2.05, 4.69) is 10.6 Å². The van der Waals surface area contributed by atoms with Crippen molar-refractivity contribution in [1.29, 1.82) is 0 Å². The van der Waals surface area contributed by atoms with Gasteiger partial charge in [-0.25, -0.2) is 4.79 Å². The second-order valence-corrected chi connectivity index (χ2v) is 4.99. The molecule has 0 heterocycles. The first kappa shape index (κ1) is 18.1. The number of carbonyl (C=O) groups excluding carboxylic acids is 2. The number of rotatable bonds is 7. The summed E-state index contributed by atoms with van der Waals surface area (Å²) in [6.07, 6.45) is 0. The molecule has 0 unspecified atom stereocenters. The van der Waals surface area contributed by atoms with Crippen molar-refractivity contribution < 1.29 is 23.8 Å². The van der Waals surface area contributed by atoms with Crippen LogP contribution >= 0.6 is 0 Å². The fourth-order valence-electron chi connectivity index (χ4n) is 2.19. The first-order valence-electron chi connectivity index (χ1n) is 7.54. The molecule has 0 saturated carbocycles. The molecule has 2 aromatic rings. The molecule has 0 aromatic heterocycles. The number of para-hydroxylation sites is 1. The third-order valence-electron chi connectivity index (χ3n) is 3.43. The van der Waals surface area contributed by atoms with Crippen molar-refractivity contribution in [3.63, 3.8) is 0 Å². The minimum absolute atomic E-state index is 0.358. The minimum Gasteiger partial charge on any atom is -0.497 e. The molecule has 0 fully saturated rings. The highest BCUT2D eigenvalue weighted by molar-refractivity contribution is 5.99. The average Bonchev–Trinajstić information content (AvgIpc) is 2.65. The van der Waals surface area contributed by atoms with Gasteiger partial charge in [0.2, 0.25) is 0 Å². The van der Waals surface area contributed by atoms with Crippen molar-refractivity contribution in [3.8, 4) is 11.5 Å². The summed E-state index contributed by atoms with van der Waals surface area (Å²) in [5, 5.41) is 5.53. The summed E-state index contributed by atoms with van der Waals surface area (Å²) in [4.78, 5) is 24.2. The average molecular weight is 344 g/mol. The van der Waals surface area contributed by atoms with Gasteiger partial charge in [-0.15, -0.1) is 0 Å². The van der Waals surface area contributed by atoms with E-state index in [1.165, 1.54) is 14.2 Å². The Balaban J connectivity index is 2.00. The number of ether oxygens (including phenoxy) is 3. The minimum atomic E-state index is -0.585. The number of amides is 1. The van der Waals surface area contributed by atoms with Crippen LogP contribution < -0.4 is 20.1 Å². The van der Waals surface area contributed by atoms with Crippen LogP contribution in [0.1, 0.15) is 10.4 Å². The van der Waals surface area contributed by atoms with E-state index in [1.54, 1.807) is 49.5 Å². The molecule has 0 saturated heterocycles. The summed E-state index contributed by atoms with van der Waals surface area (Å²) in [6, 6.07) is 11.9. The number of hydrogen-bond donors (Lipinski definition) is 2. The molecular weight excluding hydrogens is 324 g/mol. The smallest absolute Gasteiger partial charge is 0.340 e. The lowest BCUT2D eigenvalue weighted by Gasteiger charge is -2.12. The van der Waals surface area contributed by atoms with Gasteiger partial charge in [0, 0.05) is 18.8 Å². The van der Waals surface area contributed by atoms with Gasteiger partial charge in [-0.1, -0.05) is 12.1 Å². The normalized spacial score (nSPS) is 9.88. The van der Waals surface area contributed by atoms with E-state index in [4.69, 9.17) is 14.2 Å². The molecule has 2 N–H and O–H groups in total. The lowest BCUT2D eigenvalue weighted by molar-refractivity contribution is -0.119. The standard InChI is InChI=1S/C18H20N2O5/c1-19-14-7-5-4-6-13(14)18(22)25-11-17(21)20-15-10-12(23-2)8-9-16(15)24-3/h4-10,19H,11H2,1-3H3,(H,20,21). The predicted octanol–water partition coefficient (Wildman–Crippen LogP) is 2.54. The van der Waals surface area contributed by atoms with Crippen molar-refractivity contribution in [2.75, 3.05) is 38.5 Å². The van der Waals surface area contributed by atoms with Gasteiger partial charge in [-0.2, -0.15) is 0 Å². The highest BCUT2D eigenvalue weighted by atomic mass is 16.5. The number of carbonyl (C=O) groups is 2. The van der Waals surface area contributed by atoms with Crippen LogP contribution in [0.25, 0.3) is 0 Å². The van der Waals surface area contributed by atoms with Crippen LogP contribution in [0.5, 0.6) is 11.5 Å². The molecule has 0 bridgehead atoms. The number of nitrogens with one attached hydrogen (secondary N) is 2. The second kappa shape index (κ2) is 8.58. The SMILES string of the molecule is CNc1ccccc1C(=O)OCC(=O)Nc1cc(OC)ccc1OC. The summed E-state index contributed by atoms with van der Waals surface area (Å²) in [6.45, 7) is -0.419. The number of anilines is 2. The third-order valence-corrected chi connectivity index (χ3v) is 3.43. The monoisotopic (exact) mass is 344 g/mol. The zero-order chi connectivity index (χ0) is 18.2. The van der Waals surface area contributed by atoms with Crippen molar-refractivity contribution in [2.45, 2.75) is 0 Å². The molecule has 0 radical (unpaired) electrons. The molecule has 0 aliphatic heterocycles. The summed E-state index contributed by atoms with van der Waals surface area (Å²) in [7, 11) is 4.72. The maximum absolute atomic E-state index is 12.1. The summed E-state index contributed by atoms with van der Waals surface area (Å²) < 4.78 is 15.4. The second-order valence-electron chi connectivity index (χ2n) is 4.99. The fraction of sp³-hybridized carbons (Fsp3) is 0.222. The molecule has 7 nitrogen and oxygen atoms in total. The summed E-state index contributed by atoms with van der Waals surface area (Å²) in [5.74, 6) is -0.0309. The third kappa shape index (κ3) is 4.63. The topological polar surface area (TPSA) is 85.9 Å². The number of hydrogen-bond acceptors (Lipinski definition) is 6. The quantitative estimate of drug-likeness (QED) is 0.751. The summed E-state index contributed by atoms with van der Waals surface area (Å²) >= 11 is 0. The lowest BCUT2D eigenvalue weighted by atomic mass is 10.2. The van der Waals surface area contributed by atoms with E-state index < -0.39 is 18.5 Å². The highest BCUT2D eigenvalue weighted by Gasteiger charge is 2.15. The van der Waals surface area contributed by atoms with E-state index >= 15 is 0 Å². The molecule has 7 heteroatoms. The Kier molecular flexibility index (Phi) is 6.22. The zero-order valence-electron chi connectivity index (χ0n) is 14.3. The molecule has 1 amide bonds. The number of methoxy groups -OCH3 is 2. The maximum atomic E-state index is 12.1. The largest absolute Gasteiger partial charge is 0.497 e. The van der Waals surface area contributed by atoms with Crippen LogP contribution in [0.3, 0.4) is 0 Å². The van der Waals surface area contributed by atoms with Gasteiger partial charge >= 0.3 is 5.97 Å². The molecule has 2 aromatic carbocycles. The number of esters is 1. The lowest BCUT2D eigenvalue weighted by Crippen LogP contribution is -2.21. The predicted molar refractivity (Wildman–Crippen MR) is 94.4 cm³/mol. The molecular formula is C18H20N2O5. The van der Waals surface area contributed by atoms with Crippen LogP contribution in [0.4, 0.5) is 11.4 Å². The Hall–Kier alpha value is -3.22. The van der Waals surface area contributed by atoms with E-state index in [0.717, 1.165) is 0 Å². The molecule has 0 atom stereocenters. The molecule has 0 spiro atoms. The van der Waals surface area contributed by atoms with Gasteiger partial charge in [0.1, 0.15) is 11.5 Å². The Morgan fingerprint density at radius 1 is 1.00 bits per heavy atom. The Morgan fingerprint density at radius 2 is 1.76 bits per heavy atom. The van der Waals surface area contributed by atoms with Crippen molar-refractivity contribution in [3.05, 3.63) is 48.0 Å². The molecule has 2 rings (SSSR count). The van der Waals surface area contributed by atoms with Crippen LogP contribution in [0, 0.1) is 0 Å². The van der Waals surface area contributed by atoms with Crippen LogP contribution in [0.2, 0.25) is 0 Å². The van der Waals surface area contributed by atoms with Crippen molar-refractivity contribution >= 4 is 23.3 Å². The first-order valence-corrected chi connectivity index (χ1v) is 7.54. The first-order chi connectivity index (χ1) is 12.1.